The number of anilines is 2. The van der Waals surface area contributed by atoms with Crippen LogP contribution in [0.4, 0.5) is 11.4 Å². The highest BCUT2D eigenvalue weighted by atomic mass is 16.5. The van der Waals surface area contributed by atoms with Gasteiger partial charge in [-0.15, -0.1) is 0 Å². The fourth-order valence-corrected chi connectivity index (χ4v) is 3.25. The fraction of sp³-hybridized carbons (Fsp3) is 0.200. The molecule has 1 N–H and O–H groups in total. The Morgan fingerprint density at radius 2 is 1.45 bits per heavy atom. The summed E-state index contributed by atoms with van der Waals surface area (Å²) in [7, 11) is 1.68. The summed E-state index contributed by atoms with van der Waals surface area (Å²) in [6.45, 7) is 0. The van der Waals surface area contributed by atoms with Gasteiger partial charge < -0.3 is 10.1 Å². The molecule has 0 spiro atoms. The first-order valence-corrected chi connectivity index (χ1v) is 7.78. The molecule has 0 unspecified atom stereocenters. The van der Waals surface area contributed by atoms with E-state index >= 15 is 0 Å². The molecule has 110 valence electrons. The Kier molecular flexibility index (Phi) is 3.23. The van der Waals surface area contributed by atoms with E-state index in [0.717, 1.165) is 17.1 Å². The molecule has 2 heteroatoms. The van der Waals surface area contributed by atoms with Crippen LogP contribution in [0.25, 0.3) is 10.8 Å². The Bertz CT molecular complexity index is 821. The van der Waals surface area contributed by atoms with Crippen LogP contribution in [0.2, 0.25) is 0 Å². The van der Waals surface area contributed by atoms with Crippen LogP contribution >= 0.6 is 0 Å². The number of benzene rings is 3. The lowest BCUT2D eigenvalue weighted by Gasteiger charge is -2.10. The number of hydrogen-bond donors (Lipinski definition) is 1. The van der Waals surface area contributed by atoms with Gasteiger partial charge in [-0.3, -0.25) is 0 Å². The van der Waals surface area contributed by atoms with Gasteiger partial charge in [0, 0.05) is 11.4 Å². The first-order valence-electron chi connectivity index (χ1n) is 7.78. The van der Waals surface area contributed by atoms with E-state index in [-0.39, 0.29) is 0 Å². The van der Waals surface area contributed by atoms with E-state index in [1.54, 1.807) is 7.11 Å². The Morgan fingerprint density at radius 3 is 2.18 bits per heavy atom. The first kappa shape index (κ1) is 13.2. The second-order valence-electron chi connectivity index (χ2n) is 5.89. The molecule has 0 fully saturated rings. The minimum Gasteiger partial charge on any atom is -0.497 e. The third kappa shape index (κ3) is 2.41. The molecule has 0 aromatic heterocycles. The zero-order valence-electron chi connectivity index (χ0n) is 12.7. The van der Waals surface area contributed by atoms with Crippen molar-refractivity contribution in [3.8, 4) is 5.75 Å². The Hall–Kier alpha value is -2.48. The Labute approximate surface area is 130 Å². The smallest absolute Gasteiger partial charge is 0.119 e. The van der Waals surface area contributed by atoms with Crippen molar-refractivity contribution < 1.29 is 4.74 Å². The molecule has 0 heterocycles. The Morgan fingerprint density at radius 1 is 0.773 bits per heavy atom. The summed E-state index contributed by atoms with van der Waals surface area (Å²) >= 11 is 0. The largest absolute Gasteiger partial charge is 0.497 e. The zero-order valence-corrected chi connectivity index (χ0v) is 12.7. The lowest BCUT2D eigenvalue weighted by atomic mass is 10.0. The molecule has 0 saturated heterocycles. The topological polar surface area (TPSA) is 21.3 Å². The molecule has 0 aliphatic heterocycles. The van der Waals surface area contributed by atoms with Gasteiger partial charge in [0.05, 0.1) is 7.11 Å². The quantitative estimate of drug-likeness (QED) is 0.726. The van der Waals surface area contributed by atoms with Crippen molar-refractivity contribution in [2.45, 2.75) is 19.3 Å². The van der Waals surface area contributed by atoms with Gasteiger partial charge in [-0.2, -0.15) is 0 Å². The van der Waals surface area contributed by atoms with Crippen molar-refractivity contribution in [1.29, 1.82) is 0 Å². The lowest BCUT2D eigenvalue weighted by molar-refractivity contribution is 0.415. The van der Waals surface area contributed by atoms with Crippen LogP contribution in [-0.2, 0) is 12.8 Å². The van der Waals surface area contributed by atoms with Crippen molar-refractivity contribution >= 4 is 22.1 Å². The van der Waals surface area contributed by atoms with Crippen molar-refractivity contribution in [3.05, 3.63) is 65.7 Å². The molecule has 4 rings (SSSR count). The SMILES string of the molecule is COc1ccc(Nc2ccc3cc4c(cc3c2)CCC4)cc1. The molecule has 1 aliphatic rings. The van der Waals surface area contributed by atoms with Gasteiger partial charge in [-0.25, -0.2) is 0 Å². The predicted molar refractivity (Wildman–Crippen MR) is 92.2 cm³/mol. The highest BCUT2D eigenvalue weighted by molar-refractivity contribution is 5.88. The van der Waals surface area contributed by atoms with Gasteiger partial charge in [-0.1, -0.05) is 18.2 Å². The molecular weight excluding hydrogens is 270 g/mol. The molecular formula is C20H19NO. The van der Waals surface area contributed by atoms with Crippen LogP contribution in [-0.4, -0.2) is 7.11 Å². The normalized spacial score (nSPS) is 13.1. The zero-order chi connectivity index (χ0) is 14.9. The minimum atomic E-state index is 0.875. The van der Waals surface area contributed by atoms with Gasteiger partial charge in [0.15, 0.2) is 0 Å². The maximum atomic E-state index is 5.19. The summed E-state index contributed by atoms with van der Waals surface area (Å²) in [5.41, 5.74) is 5.24. The van der Waals surface area contributed by atoms with Crippen LogP contribution in [0.1, 0.15) is 17.5 Å². The molecule has 22 heavy (non-hydrogen) atoms. The summed E-state index contributed by atoms with van der Waals surface area (Å²) in [5.74, 6) is 0.875. The summed E-state index contributed by atoms with van der Waals surface area (Å²) in [4.78, 5) is 0. The molecule has 0 radical (unpaired) electrons. The van der Waals surface area contributed by atoms with Gasteiger partial charge in [0.25, 0.3) is 0 Å². The van der Waals surface area contributed by atoms with Crippen molar-refractivity contribution in [2.75, 3.05) is 12.4 Å². The van der Waals surface area contributed by atoms with Crippen LogP contribution in [0.5, 0.6) is 5.75 Å². The molecule has 0 amide bonds. The molecule has 3 aromatic rings. The number of fused-ring (bicyclic) bond motifs is 2. The van der Waals surface area contributed by atoms with Crippen molar-refractivity contribution in [1.82, 2.24) is 0 Å². The molecule has 0 bridgehead atoms. The monoisotopic (exact) mass is 289 g/mol. The Balaban J connectivity index is 1.65. The fourth-order valence-electron chi connectivity index (χ4n) is 3.25. The van der Waals surface area contributed by atoms with E-state index in [0.29, 0.717) is 0 Å². The predicted octanol–water partition coefficient (Wildman–Crippen LogP) is 5.08. The third-order valence-electron chi connectivity index (χ3n) is 4.43. The molecule has 3 aromatic carbocycles. The minimum absolute atomic E-state index is 0.875. The van der Waals surface area contributed by atoms with Gasteiger partial charge in [0.1, 0.15) is 5.75 Å². The maximum absolute atomic E-state index is 5.19. The highest BCUT2D eigenvalue weighted by Crippen LogP contribution is 2.30. The van der Waals surface area contributed by atoms with E-state index in [2.05, 4.69) is 35.6 Å². The molecule has 0 saturated carbocycles. The summed E-state index contributed by atoms with van der Waals surface area (Å²) in [5, 5.41) is 6.11. The summed E-state index contributed by atoms with van der Waals surface area (Å²) in [6, 6.07) is 19.3. The van der Waals surface area contributed by atoms with Crippen molar-refractivity contribution in [3.63, 3.8) is 0 Å². The van der Waals surface area contributed by atoms with Gasteiger partial charge in [-0.05, 0) is 77.6 Å². The number of nitrogens with one attached hydrogen (secondary N) is 1. The molecule has 2 nitrogen and oxygen atoms in total. The number of methoxy groups -OCH3 is 1. The van der Waals surface area contributed by atoms with Crippen LogP contribution < -0.4 is 10.1 Å². The van der Waals surface area contributed by atoms with Crippen molar-refractivity contribution in [2.24, 2.45) is 0 Å². The van der Waals surface area contributed by atoms with E-state index < -0.39 is 0 Å². The first-order chi connectivity index (χ1) is 10.8. The summed E-state index contributed by atoms with van der Waals surface area (Å²) in [6.07, 6.45) is 3.75. The maximum Gasteiger partial charge on any atom is 0.119 e. The van der Waals surface area contributed by atoms with E-state index in [1.807, 2.05) is 24.3 Å². The van der Waals surface area contributed by atoms with Crippen LogP contribution in [0.15, 0.2) is 54.6 Å². The van der Waals surface area contributed by atoms with E-state index in [9.17, 15) is 0 Å². The average molecular weight is 289 g/mol. The number of rotatable bonds is 3. The van der Waals surface area contributed by atoms with Crippen LogP contribution in [0.3, 0.4) is 0 Å². The molecule has 0 atom stereocenters. The lowest BCUT2D eigenvalue weighted by Crippen LogP contribution is -1.91. The van der Waals surface area contributed by atoms with Gasteiger partial charge >= 0.3 is 0 Å². The number of hydrogen-bond acceptors (Lipinski definition) is 2. The second kappa shape index (κ2) is 5.38. The second-order valence-corrected chi connectivity index (χ2v) is 5.89. The van der Waals surface area contributed by atoms with Gasteiger partial charge in [0.2, 0.25) is 0 Å². The number of aryl methyl sites for hydroxylation is 2. The highest BCUT2D eigenvalue weighted by Gasteiger charge is 2.11. The van der Waals surface area contributed by atoms with E-state index in [4.69, 9.17) is 4.74 Å². The average Bonchev–Trinajstić information content (AvgIpc) is 3.00. The number of ether oxygens (including phenoxy) is 1. The van der Waals surface area contributed by atoms with Crippen LogP contribution in [0, 0.1) is 0 Å². The third-order valence-corrected chi connectivity index (χ3v) is 4.43. The standard InChI is InChI=1S/C20H19NO/c1-22-20-9-7-18(8-10-20)21-19-6-5-16-11-14-3-2-4-15(14)12-17(16)13-19/h5-13,21H,2-4H2,1H3. The van der Waals surface area contributed by atoms with E-state index in [1.165, 1.54) is 41.2 Å². The summed E-state index contributed by atoms with van der Waals surface area (Å²) < 4.78 is 5.19. The molecule has 1 aliphatic carbocycles.